The van der Waals surface area contributed by atoms with Gasteiger partial charge in [0.25, 0.3) is 0 Å². The zero-order valence-electron chi connectivity index (χ0n) is 13.3. The second-order valence-electron chi connectivity index (χ2n) is 5.24. The van der Waals surface area contributed by atoms with Gasteiger partial charge in [-0.05, 0) is 24.6 Å². The molecule has 0 aliphatic rings. The molecule has 0 fully saturated rings. The van der Waals surface area contributed by atoms with Gasteiger partial charge in [-0.2, -0.15) is 5.10 Å². The van der Waals surface area contributed by atoms with Crippen LogP contribution in [-0.4, -0.2) is 22.4 Å². The maximum atomic E-state index is 11.9. The lowest BCUT2D eigenvalue weighted by Gasteiger charge is -2.10. The molecule has 0 radical (unpaired) electrons. The van der Waals surface area contributed by atoms with E-state index in [1.54, 1.807) is 17.8 Å². The standard InChI is InChI=1S/C19H17BrN2O2/c1-2-24-18(23)13-22-19(15-6-4-3-5-7-15)17(12-21-22)14-8-10-16(20)11-9-14/h3-12H,2,13H2,1H3. The molecular weight excluding hydrogens is 368 g/mol. The zero-order chi connectivity index (χ0) is 16.9. The second-order valence-corrected chi connectivity index (χ2v) is 6.16. The predicted octanol–water partition coefficient (Wildman–Crippen LogP) is 4.54. The summed E-state index contributed by atoms with van der Waals surface area (Å²) < 4.78 is 7.78. The minimum Gasteiger partial charge on any atom is -0.465 e. The molecule has 0 bridgehead atoms. The number of rotatable bonds is 5. The molecule has 2 aromatic carbocycles. The Labute approximate surface area is 149 Å². The van der Waals surface area contributed by atoms with Crippen LogP contribution in [0.4, 0.5) is 0 Å². The van der Waals surface area contributed by atoms with Crippen LogP contribution in [-0.2, 0) is 16.1 Å². The highest BCUT2D eigenvalue weighted by atomic mass is 79.9. The van der Waals surface area contributed by atoms with Gasteiger partial charge in [0.15, 0.2) is 0 Å². The van der Waals surface area contributed by atoms with Crippen molar-refractivity contribution in [3.63, 3.8) is 0 Å². The van der Waals surface area contributed by atoms with Crippen molar-refractivity contribution in [1.82, 2.24) is 9.78 Å². The molecule has 1 aromatic heterocycles. The van der Waals surface area contributed by atoms with Crippen LogP contribution >= 0.6 is 15.9 Å². The lowest BCUT2D eigenvalue weighted by atomic mass is 10.0. The van der Waals surface area contributed by atoms with Gasteiger partial charge in [-0.3, -0.25) is 9.48 Å². The van der Waals surface area contributed by atoms with Crippen LogP contribution in [0.15, 0.2) is 65.3 Å². The van der Waals surface area contributed by atoms with Crippen LogP contribution in [0, 0.1) is 0 Å². The minimum atomic E-state index is -0.292. The Morgan fingerprint density at radius 3 is 2.46 bits per heavy atom. The molecule has 3 rings (SSSR count). The third-order valence-electron chi connectivity index (χ3n) is 3.63. The number of esters is 1. The summed E-state index contributed by atoms with van der Waals surface area (Å²) in [7, 11) is 0. The Balaban J connectivity index is 2.08. The van der Waals surface area contributed by atoms with Crippen LogP contribution in [0.1, 0.15) is 6.92 Å². The highest BCUT2D eigenvalue weighted by Gasteiger charge is 2.17. The third kappa shape index (κ3) is 3.57. The Kier molecular flexibility index (Phi) is 5.11. The smallest absolute Gasteiger partial charge is 0.327 e. The summed E-state index contributed by atoms with van der Waals surface area (Å²) in [4.78, 5) is 11.9. The SMILES string of the molecule is CCOC(=O)Cn1ncc(-c2ccc(Br)cc2)c1-c1ccccc1. The number of ether oxygens (including phenoxy) is 1. The molecule has 0 saturated carbocycles. The first-order chi connectivity index (χ1) is 11.7. The number of hydrogen-bond acceptors (Lipinski definition) is 3. The van der Waals surface area contributed by atoms with Gasteiger partial charge in [0, 0.05) is 15.6 Å². The van der Waals surface area contributed by atoms with Gasteiger partial charge in [0.2, 0.25) is 0 Å². The van der Waals surface area contributed by atoms with Crippen LogP contribution < -0.4 is 0 Å². The average Bonchev–Trinajstić information content (AvgIpc) is 3.00. The Bertz CT molecular complexity index is 826. The van der Waals surface area contributed by atoms with E-state index in [-0.39, 0.29) is 12.5 Å². The zero-order valence-corrected chi connectivity index (χ0v) is 14.9. The molecule has 0 aliphatic carbocycles. The topological polar surface area (TPSA) is 44.1 Å². The van der Waals surface area contributed by atoms with E-state index in [2.05, 4.69) is 21.0 Å². The molecule has 122 valence electrons. The van der Waals surface area contributed by atoms with Gasteiger partial charge < -0.3 is 4.74 Å². The summed E-state index contributed by atoms with van der Waals surface area (Å²) in [6, 6.07) is 18.0. The molecule has 0 saturated heterocycles. The maximum absolute atomic E-state index is 11.9. The monoisotopic (exact) mass is 384 g/mol. The van der Waals surface area contributed by atoms with Crippen molar-refractivity contribution in [3.8, 4) is 22.4 Å². The second kappa shape index (κ2) is 7.45. The number of halogens is 1. The number of benzene rings is 2. The van der Waals surface area contributed by atoms with Gasteiger partial charge in [-0.15, -0.1) is 0 Å². The van der Waals surface area contributed by atoms with E-state index in [0.29, 0.717) is 6.61 Å². The molecule has 5 heteroatoms. The highest BCUT2D eigenvalue weighted by molar-refractivity contribution is 9.10. The molecule has 0 unspecified atom stereocenters. The molecule has 1 heterocycles. The van der Waals surface area contributed by atoms with E-state index in [1.807, 2.05) is 54.6 Å². The minimum absolute atomic E-state index is 0.0919. The fourth-order valence-electron chi connectivity index (χ4n) is 2.58. The summed E-state index contributed by atoms with van der Waals surface area (Å²) in [5, 5.41) is 4.42. The summed E-state index contributed by atoms with van der Waals surface area (Å²) in [6.45, 7) is 2.25. The first-order valence-corrected chi connectivity index (χ1v) is 8.51. The van der Waals surface area contributed by atoms with Crippen LogP contribution in [0.2, 0.25) is 0 Å². The average molecular weight is 385 g/mol. The van der Waals surface area contributed by atoms with E-state index in [0.717, 1.165) is 26.9 Å². The first-order valence-electron chi connectivity index (χ1n) is 7.72. The largest absolute Gasteiger partial charge is 0.465 e. The molecule has 24 heavy (non-hydrogen) atoms. The van der Waals surface area contributed by atoms with E-state index in [9.17, 15) is 4.79 Å². The first kappa shape index (κ1) is 16.5. The van der Waals surface area contributed by atoms with Gasteiger partial charge >= 0.3 is 5.97 Å². The lowest BCUT2D eigenvalue weighted by molar-refractivity contribution is -0.144. The highest BCUT2D eigenvalue weighted by Crippen LogP contribution is 2.32. The van der Waals surface area contributed by atoms with Gasteiger partial charge in [-0.25, -0.2) is 0 Å². The molecule has 0 aliphatic heterocycles. The van der Waals surface area contributed by atoms with Crippen LogP contribution in [0.5, 0.6) is 0 Å². The Morgan fingerprint density at radius 1 is 1.08 bits per heavy atom. The molecular formula is C19H17BrN2O2. The van der Waals surface area contributed by atoms with Crippen LogP contribution in [0.3, 0.4) is 0 Å². The third-order valence-corrected chi connectivity index (χ3v) is 4.15. The predicted molar refractivity (Wildman–Crippen MR) is 97.4 cm³/mol. The Hall–Kier alpha value is -2.40. The van der Waals surface area contributed by atoms with Gasteiger partial charge in [0.05, 0.1) is 18.5 Å². The summed E-state index contributed by atoms with van der Waals surface area (Å²) in [5.74, 6) is -0.292. The van der Waals surface area contributed by atoms with E-state index >= 15 is 0 Å². The normalized spacial score (nSPS) is 10.6. The van der Waals surface area contributed by atoms with Crippen molar-refractivity contribution in [2.45, 2.75) is 13.5 Å². The Morgan fingerprint density at radius 2 is 1.79 bits per heavy atom. The molecule has 0 spiro atoms. The van der Waals surface area contributed by atoms with Crippen LogP contribution in [0.25, 0.3) is 22.4 Å². The van der Waals surface area contributed by atoms with E-state index < -0.39 is 0 Å². The van der Waals surface area contributed by atoms with Crippen molar-refractivity contribution in [2.24, 2.45) is 0 Å². The van der Waals surface area contributed by atoms with E-state index in [4.69, 9.17) is 4.74 Å². The number of hydrogen-bond donors (Lipinski definition) is 0. The van der Waals surface area contributed by atoms with Gasteiger partial charge in [0.1, 0.15) is 6.54 Å². The lowest BCUT2D eigenvalue weighted by Crippen LogP contribution is -2.15. The number of carbonyl (C=O) groups excluding carboxylic acids is 1. The van der Waals surface area contributed by atoms with E-state index in [1.165, 1.54) is 0 Å². The van der Waals surface area contributed by atoms with Crippen molar-refractivity contribution < 1.29 is 9.53 Å². The van der Waals surface area contributed by atoms with Crippen molar-refractivity contribution in [3.05, 3.63) is 65.3 Å². The summed E-state index contributed by atoms with van der Waals surface area (Å²) in [5.41, 5.74) is 3.95. The molecule has 4 nitrogen and oxygen atoms in total. The van der Waals surface area contributed by atoms with Gasteiger partial charge in [-0.1, -0.05) is 58.4 Å². The molecule has 0 amide bonds. The molecule has 3 aromatic rings. The fraction of sp³-hybridized carbons (Fsp3) is 0.158. The maximum Gasteiger partial charge on any atom is 0.327 e. The number of carbonyl (C=O) groups is 1. The quantitative estimate of drug-likeness (QED) is 0.606. The van der Waals surface area contributed by atoms with Crippen molar-refractivity contribution >= 4 is 21.9 Å². The van der Waals surface area contributed by atoms with Crippen molar-refractivity contribution in [2.75, 3.05) is 6.61 Å². The summed E-state index contributed by atoms with van der Waals surface area (Å²) in [6.07, 6.45) is 1.80. The van der Waals surface area contributed by atoms with Crippen molar-refractivity contribution in [1.29, 1.82) is 0 Å². The summed E-state index contributed by atoms with van der Waals surface area (Å²) >= 11 is 3.45. The molecule has 0 N–H and O–H groups in total. The molecule has 0 atom stereocenters. The fourth-order valence-corrected chi connectivity index (χ4v) is 2.84. The number of nitrogens with zero attached hydrogens (tertiary/aromatic N) is 2. The number of aromatic nitrogens is 2.